The number of amides is 1. The standard InChI is InChI=1S/C17H18ClFN2O4S/c1-11-6-9-25-16(11)17(22)20-13-4-7-21(8-5-13)26(23,24)15-3-2-12(19)10-14(15)18/h2-3,6,9-10,13H,4-5,7-8H2,1H3,(H,20,22). The van der Waals surface area contributed by atoms with Crippen molar-refractivity contribution in [1.82, 2.24) is 9.62 Å². The molecule has 26 heavy (non-hydrogen) atoms. The minimum absolute atomic E-state index is 0.116. The SMILES string of the molecule is Cc1ccoc1C(=O)NC1CCN(S(=O)(=O)c2ccc(F)cc2Cl)CC1. The summed E-state index contributed by atoms with van der Waals surface area (Å²) in [7, 11) is -3.81. The average molecular weight is 401 g/mol. The third kappa shape index (κ3) is 3.77. The molecular formula is C17H18ClFN2O4S. The third-order valence-corrected chi connectivity index (χ3v) is 6.75. The molecule has 0 bridgehead atoms. The summed E-state index contributed by atoms with van der Waals surface area (Å²) in [6.45, 7) is 2.25. The number of hydrogen-bond acceptors (Lipinski definition) is 4. The molecular weight excluding hydrogens is 383 g/mol. The van der Waals surface area contributed by atoms with Crippen LogP contribution in [-0.4, -0.2) is 37.8 Å². The largest absolute Gasteiger partial charge is 0.459 e. The van der Waals surface area contributed by atoms with Crippen molar-refractivity contribution in [2.24, 2.45) is 0 Å². The van der Waals surface area contributed by atoms with Crippen LogP contribution in [0.15, 0.2) is 39.8 Å². The van der Waals surface area contributed by atoms with Gasteiger partial charge >= 0.3 is 0 Å². The molecule has 1 aliphatic rings. The Labute approximate surface area is 156 Å². The van der Waals surface area contributed by atoms with Crippen LogP contribution < -0.4 is 5.32 Å². The van der Waals surface area contributed by atoms with E-state index in [1.807, 2.05) is 0 Å². The van der Waals surface area contributed by atoms with Crippen molar-refractivity contribution >= 4 is 27.5 Å². The molecule has 1 aromatic heterocycles. The Bertz CT molecular complexity index is 921. The molecule has 0 saturated carbocycles. The molecule has 9 heteroatoms. The zero-order chi connectivity index (χ0) is 18.9. The van der Waals surface area contributed by atoms with Crippen molar-refractivity contribution in [3.05, 3.63) is 52.7 Å². The molecule has 1 aromatic carbocycles. The monoisotopic (exact) mass is 400 g/mol. The van der Waals surface area contributed by atoms with Crippen LogP contribution in [0.25, 0.3) is 0 Å². The fourth-order valence-corrected chi connectivity index (χ4v) is 4.90. The fourth-order valence-electron chi connectivity index (χ4n) is 2.92. The lowest BCUT2D eigenvalue weighted by atomic mass is 10.1. The molecule has 0 aliphatic carbocycles. The molecule has 0 atom stereocenters. The van der Waals surface area contributed by atoms with E-state index in [9.17, 15) is 17.6 Å². The van der Waals surface area contributed by atoms with Crippen LogP contribution in [0, 0.1) is 12.7 Å². The van der Waals surface area contributed by atoms with Gasteiger partial charge in [-0.3, -0.25) is 4.79 Å². The molecule has 1 fully saturated rings. The minimum Gasteiger partial charge on any atom is -0.459 e. The molecule has 140 valence electrons. The first-order valence-electron chi connectivity index (χ1n) is 8.09. The van der Waals surface area contributed by atoms with E-state index in [1.165, 1.54) is 16.6 Å². The molecule has 0 unspecified atom stereocenters. The number of aryl methyl sites for hydroxylation is 1. The van der Waals surface area contributed by atoms with Crippen LogP contribution in [0.4, 0.5) is 4.39 Å². The maximum atomic E-state index is 13.2. The van der Waals surface area contributed by atoms with E-state index in [0.29, 0.717) is 12.8 Å². The molecule has 0 radical (unpaired) electrons. The lowest BCUT2D eigenvalue weighted by Gasteiger charge is -2.31. The number of furan rings is 1. The van der Waals surface area contributed by atoms with Gasteiger partial charge in [0.25, 0.3) is 5.91 Å². The van der Waals surface area contributed by atoms with Gasteiger partial charge in [-0.15, -0.1) is 0 Å². The van der Waals surface area contributed by atoms with E-state index in [4.69, 9.17) is 16.0 Å². The van der Waals surface area contributed by atoms with E-state index >= 15 is 0 Å². The van der Waals surface area contributed by atoms with Gasteiger partial charge in [0.05, 0.1) is 11.3 Å². The van der Waals surface area contributed by atoms with E-state index < -0.39 is 15.8 Å². The first-order valence-corrected chi connectivity index (χ1v) is 9.91. The van der Waals surface area contributed by atoms with E-state index in [0.717, 1.165) is 17.7 Å². The molecule has 3 rings (SSSR count). The van der Waals surface area contributed by atoms with Crippen LogP contribution in [0.2, 0.25) is 5.02 Å². The lowest BCUT2D eigenvalue weighted by Crippen LogP contribution is -2.46. The second-order valence-corrected chi connectivity index (χ2v) is 8.47. The third-order valence-electron chi connectivity index (χ3n) is 4.37. The topological polar surface area (TPSA) is 79.6 Å². The average Bonchev–Trinajstić information content (AvgIpc) is 3.01. The molecule has 1 saturated heterocycles. The number of nitrogens with one attached hydrogen (secondary N) is 1. The maximum absolute atomic E-state index is 13.2. The van der Waals surface area contributed by atoms with Crippen LogP contribution in [0.1, 0.15) is 29.0 Å². The second kappa shape index (κ2) is 7.38. The quantitative estimate of drug-likeness (QED) is 0.855. The summed E-state index contributed by atoms with van der Waals surface area (Å²) in [5, 5.41) is 2.72. The van der Waals surface area contributed by atoms with Gasteiger partial charge in [0.2, 0.25) is 10.0 Å². The molecule has 6 nitrogen and oxygen atoms in total. The van der Waals surface area contributed by atoms with Gasteiger partial charge in [-0.1, -0.05) is 11.6 Å². The predicted octanol–water partition coefficient (Wildman–Crippen LogP) is 2.96. The number of hydrogen-bond donors (Lipinski definition) is 1. The van der Waals surface area contributed by atoms with Gasteiger partial charge in [0.1, 0.15) is 10.7 Å². The number of carbonyl (C=O) groups excluding carboxylic acids is 1. The first-order chi connectivity index (χ1) is 12.3. The number of benzene rings is 1. The van der Waals surface area contributed by atoms with Crippen molar-refractivity contribution in [2.75, 3.05) is 13.1 Å². The van der Waals surface area contributed by atoms with Gasteiger partial charge < -0.3 is 9.73 Å². The zero-order valence-electron chi connectivity index (χ0n) is 14.0. The molecule has 2 heterocycles. The van der Waals surface area contributed by atoms with Gasteiger partial charge in [-0.05, 0) is 44.0 Å². The second-order valence-electron chi connectivity index (χ2n) is 6.16. The Hall–Kier alpha value is -1.90. The highest BCUT2D eigenvalue weighted by Crippen LogP contribution is 2.27. The summed E-state index contributed by atoms with van der Waals surface area (Å²) in [6.07, 6.45) is 2.37. The number of rotatable bonds is 4. The molecule has 2 aromatic rings. The smallest absolute Gasteiger partial charge is 0.287 e. The minimum atomic E-state index is -3.81. The molecule has 0 spiro atoms. The Kier molecular flexibility index (Phi) is 5.36. The summed E-state index contributed by atoms with van der Waals surface area (Å²) >= 11 is 5.89. The van der Waals surface area contributed by atoms with Crippen LogP contribution >= 0.6 is 11.6 Å². The maximum Gasteiger partial charge on any atom is 0.287 e. The molecule has 1 N–H and O–H groups in total. The Morgan fingerprint density at radius 3 is 2.58 bits per heavy atom. The zero-order valence-corrected chi connectivity index (χ0v) is 15.6. The van der Waals surface area contributed by atoms with E-state index in [2.05, 4.69) is 5.32 Å². The highest BCUT2D eigenvalue weighted by atomic mass is 35.5. The highest BCUT2D eigenvalue weighted by Gasteiger charge is 2.31. The van der Waals surface area contributed by atoms with Crippen LogP contribution in [-0.2, 0) is 10.0 Å². The number of nitrogens with zero attached hydrogens (tertiary/aromatic N) is 1. The normalized spacial score (nSPS) is 16.6. The van der Waals surface area contributed by atoms with Crippen LogP contribution in [0.5, 0.6) is 0 Å². The van der Waals surface area contributed by atoms with Crippen molar-refractivity contribution in [1.29, 1.82) is 0 Å². The van der Waals surface area contributed by atoms with Crippen molar-refractivity contribution in [3.8, 4) is 0 Å². The van der Waals surface area contributed by atoms with Gasteiger partial charge in [-0.25, -0.2) is 12.8 Å². The van der Waals surface area contributed by atoms with Crippen LogP contribution in [0.3, 0.4) is 0 Å². The van der Waals surface area contributed by atoms with Gasteiger partial charge in [0, 0.05) is 24.7 Å². The van der Waals surface area contributed by atoms with Gasteiger partial charge in [-0.2, -0.15) is 4.31 Å². The first kappa shape index (κ1) is 18.9. The van der Waals surface area contributed by atoms with Gasteiger partial charge in [0.15, 0.2) is 5.76 Å². The predicted molar refractivity (Wildman–Crippen MR) is 94.1 cm³/mol. The van der Waals surface area contributed by atoms with Crippen molar-refractivity contribution in [3.63, 3.8) is 0 Å². The molecule has 1 amide bonds. The summed E-state index contributed by atoms with van der Waals surface area (Å²) in [6, 6.07) is 4.77. The Morgan fingerprint density at radius 2 is 2.00 bits per heavy atom. The number of halogens is 2. The van der Waals surface area contributed by atoms with E-state index in [1.54, 1.807) is 13.0 Å². The summed E-state index contributed by atoms with van der Waals surface area (Å²) in [5.74, 6) is -0.642. The molecule has 1 aliphatic heterocycles. The lowest BCUT2D eigenvalue weighted by molar-refractivity contribution is 0.0895. The number of sulfonamides is 1. The number of carbonyl (C=O) groups is 1. The van der Waals surface area contributed by atoms with Crippen molar-refractivity contribution < 1.29 is 22.0 Å². The number of piperidine rings is 1. The Balaban J connectivity index is 1.64. The fraction of sp³-hybridized carbons (Fsp3) is 0.353. The highest BCUT2D eigenvalue weighted by molar-refractivity contribution is 7.89. The summed E-state index contributed by atoms with van der Waals surface area (Å²) < 4.78 is 45.0. The summed E-state index contributed by atoms with van der Waals surface area (Å²) in [5.41, 5.74) is 0.744. The summed E-state index contributed by atoms with van der Waals surface area (Å²) in [4.78, 5) is 12.1. The van der Waals surface area contributed by atoms with E-state index in [-0.39, 0.29) is 40.7 Å². The Morgan fingerprint density at radius 1 is 1.31 bits per heavy atom. The van der Waals surface area contributed by atoms with Crippen molar-refractivity contribution in [2.45, 2.75) is 30.7 Å².